The zero-order chi connectivity index (χ0) is 15.2. The van der Waals surface area contributed by atoms with Crippen LogP contribution in [0.4, 0.5) is 0 Å². The zero-order valence-electron chi connectivity index (χ0n) is 14.6. The van der Waals surface area contributed by atoms with Crippen LogP contribution in [0.1, 0.15) is 60.8 Å². The lowest BCUT2D eigenvalue weighted by molar-refractivity contribution is 0.143. The summed E-state index contributed by atoms with van der Waals surface area (Å²) in [6, 6.07) is 0. The zero-order valence-corrected chi connectivity index (χ0v) is 15.4. The Morgan fingerprint density at radius 3 is 2.45 bits per heavy atom. The van der Waals surface area contributed by atoms with Crippen molar-refractivity contribution in [2.45, 2.75) is 71.6 Å². The van der Waals surface area contributed by atoms with E-state index in [0.29, 0.717) is 5.41 Å². The molecule has 20 heavy (non-hydrogen) atoms. The second kappa shape index (κ2) is 8.05. The molecule has 3 heteroatoms. The third-order valence-corrected chi connectivity index (χ3v) is 5.55. The van der Waals surface area contributed by atoms with Gasteiger partial charge in [-0.15, -0.1) is 0 Å². The molecular formula is C17H36N2S. The topological polar surface area (TPSA) is 15.3 Å². The molecule has 0 bridgehead atoms. The van der Waals surface area contributed by atoms with E-state index in [1.807, 2.05) is 0 Å². The molecule has 0 radical (unpaired) electrons. The molecule has 1 rings (SSSR count). The van der Waals surface area contributed by atoms with E-state index in [2.05, 4.69) is 63.5 Å². The fraction of sp³-hybridized carbons (Fsp3) is 1.00. The van der Waals surface area contributed by atoms with Crippen molar-refractivity contribution in [3.63, 3.8) is 0 Å². The van der Waals surface area contributed by atoms with E-state index in [9.17, 15) is 0 Å². The van der Waals surface area contributed by atoms with Crippen molar-refractivity contribution in [2.75, 3.05) is 31.9 Å². The van der Waals surface area contributed by atoms with Crippen LogP contribution in [0.3, 0.4) is 0 Å². The quantitative estimate of drug-likeness (QED) is 0.765. The van der Waals surface area contributed by atoms with E-state index in [4.69, 9.17) is 0 Å². The Balaban J connectivity index is 2.55. The molecule has 0 spiro atoms. The summed E-state index contributed by atoms with van der Waals surface area (Å²) in [4.78, 5) is 2.71. The van der Waals surface area contributed by atoms with Crippen LogP contribution < -0.4 is 5.32 Å². The normalized spacial score (nSPS) is 24.6. The Morgan fingerprint density at radius 2 is 1.90 bits per heavy atom. The summed E-state index contributed by atoms with van der Waals surface area (Å²) < 4.78 is 0. The number of rotatable bonds is 7. The Morgan fingerprint density at radius 1 is 1.20 bits per heavy atom. The van der Waals surface area contributed by atoms with E-state index >= 15 is 0 Å². The summed E-state index contributed by atoms with van der Waals surface area (Å²) in [6.07, 6.45) is 3.91. The number of hydrogen-bond acceptors (Lipinski definition) is 3. The molecule has 2 unspecified atom stereocenters. The van der Waals surface area contributed by atoms with E-state index in [1.54, 1.807) is 0 Å². The van der Waals surface area contributed by atoms with Crippen LogP contribution in [0.15, 0.2) is 0 Å². The van der Waals surface area contributed by atoms with E-state index < -0.39 is 0 Å². The molecule has 1 aliphatic heterocycles. The molecule has 1 saturated heterocycles. The van der Waals surface area contributed by atoms with E-state index in [1.165, 1.54) is 44.6 Å². The van der Waals surface area contributed by atoms with Crippen molar-refractivity contribution in [1.29, 1.82) is 0 Å². The minimum atomic E-state index is 0.221. The maximum Gasteiger partial charge on any atom is 0.0172 e. The van der Waals surface area contributed by atoms with Gasteiger partial charge in [-0.1, -0.05) is 27.2 Å². The Kier molecular flexibility index (Phi) is 7.37. The summed E-state index contributed by atoms with van der Waals surface area (Å²) in [5.74, 6) is 1.31. The van der Waals surface area contributed by atoms with Gasteiger partial charge in [0.1, 0.15) is 0 Å². The lowest BCUT2D eigenvalue weighted by Gasteiger charge is -2.41. The number of nitrogens with zero attached hydrogens (tertiary/aromatic N) is 1. The highest BCUT2D eigenvalue weighted by Crippen LogP contribution is 2.28. The predicted molar refractivity (Wildman–Crippen MR) is 93.7 cm³/mol. The van der Waals surface area contributed by atoms with E-state index in [0.717, 1.165) is 11.8 Å². The van der Waals surface area contributed by atoms with Crippen LogP contribution in [-0.4, -0.2) is 47.6 Å². The highest BCUT2D eigenvalue weighted by atomic mass is 32.2. The molecule has 1 fully saturated rings. The molecule has 2 atom stereocenters. The third kappa shape index (κ3) is 6.82. The first-order valence-corrected chi connectivity index (χ1v) is 9.42. The molecule has 1 N–H and O–H groups in total. The van der Waals surface area contributed by atoms with Gasteiger partial charge in [-0.2, -0.15) is 11.8 Å². The number of nitrogens with one attached hydrogen (secondary N) is 1. The molecule has 1 heterocycles. The minimum Gasteiger partial charge on any atom is -0.311 e. The summed E-state index contributed by atoms with van der Waals surface area (Å²) in [7, 11) is 0. The van der Waals surface area contributed by atoms with Crippen LogP contribution in [0.5, 0.6) is 0 Å². The van der Waals surface area contributed by atoms with Crippen molar-refractivity contribution < 1.29 is 0 Å². The van der Waals surface area contributed by atoms with Crippen LogP contribution >= 0.6 is 11.8 Å². The van der Waals surface area contributed by atoms with Crippen molar-refractivity contribution in [1.82, 2.24) is 10.2 Å². The predicted octanol–water partition coefficient (Wildman–Crippen LogP) is 4.01. The van der Waals surface area contributed by atoms with Crippen molar-refractivity contribution in [3.8, 4) is 0 Å². The maximum atomic E-state index is 3.73. The second-order valence-electron chi connectivity index (χ2n) is 7.80. The average Bonchev–Trinajstić information content (AvgIpc) is 2.36. The molecule has 120 valence electrons. The van der Waals surface area contributed by atoms with Gasteiger partial charge < -0.3 is 10.2 Å². The first-order chi connectivity index (χ1) is 9.28. The highest BCUT2D eigenvalue weighted by molar-refractivity contribution is 8.00. The molecule has 0 aromatic heterocycles. The molecular weight excluding hydrogens is 264 g/mol. The molecule has 1 aliphatic rings. The van der Waals surface area contributed by atoms with Gasteiger partial charge in [0.2, 0.25) is 0 Å². The number of hydrogen-bond donors (Lipinski definition) is 1. The standard InChI is InChI=1S/C17H36N2S/c1-7-9-17(6,13-18-16(3,4)5)14-19-10-11-20-15(8-2)12-19/h15,18H,7-14H2,1-6H3. The molecule has 0 aromatic carbocycles. The molecule has 0 amide bonds. The fourth-order valence-electron chi connectivity index (χ4n) is 3.02. The van der Waals surface area contributed by atoms with Crippen molar-refractivity contribution >= 4 is 11.8 Å². The lowest BCUT2D eigenvalue weighted by Crippen LogP contribution is -2.50. The monoisotopic (exact) mass is 300 g/mol. The van der Waals surface area contributed by atoms with Gasteiger partial charge in [0.25, 0.3) is 0 Å². The largest absolute Gasteiger partial charge is 0.311 e. The van der Waals surface area contributed by atoms with Crippen LogP contribution in [0.25, 0.3) is 0 Å². The third-order valence-electron chi connectivity index (χ3n) is 4.18. The maximum absolute atomic E-state index is 3.73. The number of thioether (sulfide) groups is 1. The average molecular weight is 301 g/mol. The molecule has 2 nitrogen and oxygen atoms in total. The summed E-state index contributed by atoms with van der Waals surface area (Å²) in [5, 5.41) is 4.58. The van der Waals surface area contributed by atoms with Crippen LogP contribution in [0.2, 0.25) is 0 Å². The van der Waals surface area contributed by atoms with Gasteiger partial charge in [-0.05, 0) is 39.0 Å². The van der Waals surface area contributed by atoms with Crippen LogP contribution in [0, 0.1) is 5.41 Å². The minimum absolute atomic E-state index is 0.221. The molecule has 0 saturated carbocycles. The highest BCUT2D eigenvalue weighted by Gasteiger charge is 2.30. The van der Waals surface area contributed by atoms with Crippen LogP contribution in [-0.2, 0) is 0 Å². The fourth-order valence-corrected chi connectivity index (χ4v) is 4.27. The van der Waals surface area contributed by atoms with Crippen molar-refractivity contribution in [2.24, 2.45) is 5.41 Å². The second-order valence-corrected chi connectivity index (χ2v) is 9.21. The summed E-state index contributed by atoms with van der Waals surface area (Å²) in [6.45, 7) is 18.9. The molecule has 0 aliphatic carbocycles. The smallest absolute Gasteiger partial charge is 0.0172 e. The van der Waals surface area contributed by atoms with Gasteiger partial charge in [0, 0.05) is 42.7 Å². The Bertz CT molecular complexity index is 275. The lowest BCUT2D eigenvalue weighted by atomic mass is 9.84. The first kappa shape index (κ1) is 18.3. The Hall–Kier alpha value is 0.270. The van der Waals surface area contributed by atoms with Crippen molar-refractivity contribution in [3.05, 3.63) is 0 Å². The van der Waals surface area contributed by atoms with E-state index in [-0.39, 0.29) is 5.54 Å². The summed E-state index contributed by atoms with van der Waals surface area (Å²) in [5.41, 5.74) is 0.626. The first-order valence-electron chi connectivity index (χ1n) is 8.37. The van der Waals surface area contributed by atoms with Gasteiger partial charge in [0.05, 0.1) is 0 Å². The molecule has 0 aromatic rings. The van der Waals surface area contributed by atoms with Gasteiger partial charge in [0.15, 0.2) is 0 Å². The van der Waals surface area contributed by atoms with Gasteiger partial charge >= 0.3 is 0 Å². The van der Waals surface area contributed by atoms with Gasteiger partial charge in [-0.25, -0.2) is 0 Å². The Labute approximate surface area is 131 Å². The SMILES string of the molecule is CCCC(C)(CNC(C)(C)C)CN1CCSC(CC)C1. The summed E-state index contributed by atoms with van der Waals surface area (Å²) >= 11 is 2.17. The van der Waals surface area contributed by atoms with Gasteiger partial charge in [-0.3, -0.25) is 0 Å².